The van der Waals surface area contributed by atoms with Crippen molar-refractivity contribution in [2.24, 2.45) is 0 Å². The number of benzene rings is 4. The molecule has 4 aromatic rings. The zero-order chi connectivity index (χ0) is 38.5. The summed E-state index contributed by atoms with van der Waals surface area (Å²) in [6.45, 7) is 8.13. The topological polar surface area (TPSA) is 105 Å². The lowest BCUT2D eigenvalue weighted by atomic mass is 9.94. The van der Waals surface area contributed by atoms with Crippen LogP contribution in [0.2, 0.25) is 0 Å². The second kappa shape index (κ2) is 19.7. The van der Waals surface area contributed by atoms with Gasteiger partial charge in [0.15, 0.2) is 0 Å². The Balaban J connectivity index is 0.000000208. The van der Waals surface area contributed by atoms with Crippen LogP contribution >= 0.6 is 0 Å². The third-order valence-corrected chi connectivity index (χ3v) is 10.1. The Bertz CT molecular complexity index is 1680. The van der Waals surface area contributed by atoms with E-state index in [0.29, 0.717) is 73.6 Å². The lowest BCUT2D eigenvalue weighted by molar-refractivity contribution is -0.0108. The maximum absolute atomic E-state index is 12.3. The van der Waals surface area contributed by atoms with Crippen molar-refractivity contribution in [3.8, 4) is 0 Å². The highest BCUT2D eigenvalue weighted by atomic mass is 16.6. The van der Waals surface area contributed by atoms with Crippen molar-refractivity contribution in [3.05, 3.63) is 142 Å². The molecule has 0 heterocycles. The van der Waals surface area contributed by atoms with Crippen LogP contribution in [0.15, 0.2) is 97.1 Å². The Kier molecular flexibility index (Phi) is 14.6. The summed E-state index contributed by atoms with van der Waals surface area (Å²) in [7, 11) is 0. The summed E-state index contributed by atoms with van der Waals surface area (Å²) < 4.78 is 22.4. The fraction of sp³-hybridized carbons (Fsp3) is 0.391. The predicted molar refractivity (Wildman–Crippen MR) is 208 cm³/mol. The molecule has 6 rings (SSSR count). The van der Waals surface area contributed by atoms with Crippen molar-refractivity contribution in [2.45, 2.75) is 116 Å². The highest BCUT2D eigenvalue weighted by Gasteiger charge is 2.28. The van der Waals surface area contributed by atoms with E-state index in [1.54, 1.807) is 24.3 Å². The molecule has 0 aromatic heterocycles. The highest BCUT2D eigenvalue weighted by Crippen LogP contribution is 2.27. The van der Waals surface area contributed by atoms with E-state index in [-0.39, 0.29) is 48.3 Å². The number of carbonyl (C=O) groups excluding carboxylic acids is 4. The number of hydrogen-bond acceptors (Lipinski definition) is 8. The van der Waals surface area contributed by atoms with Gasteiger partial charge >= 0.3 is 23.9 Å². The average Bonchev–Trinajstić information content (AvgIpc) is 3.20. The van der Waals surface area contributed by atoms with Crippen molar-refractivity contribution in [3.63, 3.8) is 0 Å². The molecule has 0 N–H and O–H groups in total. The largest absolute Gasteiger partial charge is 0.459 e. The molecule has 2 saturated carbocycles. The van der Waals surface area contributed by atoms with Crippen LogP contribution < -0.4 is 0 Å². The molecule has 0 radical (unpaired) electrons. The van der Waals surface area contributed by atoms with Crippen molar-refractivity contribution in [2.75, 3.05) is 0 Å². The third-order valence-electron chi connectivity index (χ3n) is 10.1. The van der Waals surface area contributed by atoms with Crippen LogP contribution in [-0.4, -0.2) is 48.3 Å². The molecule has 0 unspecified atom stereocenters. The molecule has 284 valence electrons. The Hall–Kier alpha value is -5.24. The molecule has 0 spiro atoms. The van der Waals surface area contributed by atoms with E-state index in [1.807, 2.05) is 86.6 Å². The Morgan fingerprint density at radius 2 is 0.593 bits per heavy atom. The maximum atomic E-state index is 12.3. The van der Waals surface area contributed by atoms with Gasteiger partial charge in [-0.05, 0) is 138 Å². The molecular formula is C46H52O8. The van der Waals surface area contributed by atoms with Crippen LogP contribution in [0.3, 0.4) is 0 Å². The Morgan fingerprint density at radius 3 is 0.796 bits per heavy atom. The molecule has 2 aliphatic carbocycles. The minimum absolute atomic E-state index is 0.113. The summed E-state index contributed by atoms with van der Waals surface area (Å²) in [5, 5.41) is 0. The van der Waals surface area contributed by atoms with Gasteiger partial charge in [-0.25, -0.2) is 19.2 Å². The van der Waals surface area contributed by atoms with E-state index < -0.39 is 0 Å². The van der Waals surface area contributed by atoms with Crippen molar-refractivity contribution in [1.82, 2.24) is 0 Å². The molecule has 4 aromatic carbocycles. The van der Waals surface area contributed by atoms with Crippen LogP contribution in [0, 0.1) is 13.8 Å². The van der Waals surface area contributed by atoms with E-state index in [0.717, 1.165) is 24.0 Å². The zero-order valence-corrected chi connectivity index (χ0v) is 31.9. The zero-order valence-electron chi connectivity index (χ0n) is 31.9. The quantitative estimate of drug-likeness (QED) is 0.117. The maximum Gasteiger partial charge on any atom is 0.338 e. The summed E-state index contributed by atoms with van der Waals surface area (Å²) in [5.74, 6) is -1.13. The fourth-order valence-electron chi connectivity index (χ4n) is 6.55. The molecular weight excluding hydrogens is 680 g/mol. The van der Waals surface area contributed by atoms with Crippen LogP contribution in [0.5, 0.6) is 0 Å². The molecule has 2 fully saturated rings. The first-order valence-corrected chi connectivity index (χ1v) is 19.2. The smallest absolute Gasteiger partial charge is 0.338 e. The van der Waals surface area contributed by atoms with Gasteiger partial charge in [0.2, 0.25) is 0 Å². The third kappa shape index (κ3) is 11.9. The van der Waals surface area contributed by atoms with Crippen molar-refractivity contribution < 1.29 is 38.1 Å². The molecule has 0 bridgehead atoms. The predicted octanol–water partition coefficient (Wildman–Crippen LogP) is 9.76. The first-order valence-electron chi connectivity index (χ1n) is 19.2. The summed E-state index contributed by atoms with van der Waals surface area (Å²) in [4.78, 5) is 49.0. The van der Waals surface area contributed by atoms with Crippen LogP contribution in [-0.2, 0) is 31.8 Å². The minimum Gasteiger partial charge on any atom is -0.459 e. The minimum atomic E-state index is -0.287. The highest BCUT2D eigenvalue weighted by molar-refractivity contribution is 5.91. The molecule has 2 aliphatic rings. The molecule has 8 nitrogen and oxygen atoms in total. The summed E-state index contributed by atoms with van der Waals surface area (Å²) >= 11 is 0. The summed E-state index contributed by atoms with van der Waals surface area (Å²) in [5.41, 5.74) is 6.93. The molecule has 0 saturated heterocycles. The van der Waals surface area contributed by atoms with Crippen LogP contribution in [0.4, 0.5) is 0 Å². The number of esters is 4. The van der Waals surface area contributed by atoms with Gasteiger partial charge < -0.3 is 18.9 Å². The SMILES string of the molecule is CCc1ccc(C(=O)OC2CCC(OC(=O)c3ccc(CC)cc3)CC2)cc1.Cc1ccc(C(=O)OC2CCC(OC(=O)c3ccc(C)cc3)CC2)cc1. The van der Waals surface area contributed by atoms with Crippen LogP contribution in [0.1, 0.15) is 129 Å². The molecule has 54 heavy (non-hydrogen) atoms. The number of ether oxygens (including phenoxy) is 4. The summed E-state index contributed by atoms with van der Waals surface area (Å²) in [6.07, 6.45) is 7.14. The molecule has 8 heteroatoms. The van der Waals surface area contributed by atoms with E-state index in [1.165, 1.54) is 11.1 Å². The first-order chi connectivity index (χ1) is 26.1. The number of aryl methyl sites for hydroxylation is 4. The van der Waals surface area contributed by atoms with Gasteiger partial charge in [0.05, 0.1) is 22.3 Å². The van der Waals surface area contributed by atoms with Gasteiger partial charge in [-0.2, -0.15) is 0 Å². The second-order valence-corrected chi connectivity index (χ2v) is 14.3. The molecule has 0 aliphatic heterocycles. The molecule has 0 amide bonds. The van der Waals surface area contributed by atoms with Gasteiger partial charge in [0, 0.05) is 0 Å². The average molecular weight is 733 g/mol. The van der Waals surface area contributed by atoms with Crippen molar-refractivity contribution >= 4 is 23.9 Å². The van der Waals surface area contributed by atoms with Crippen molar-refractivity contribution in [1.29, 1.82) is 0 Å². The monoisotopic (exact) mass is 732 g/mol. The lowest BCUT2D eigenvalue weighted by Crippen LogP contribution is -2.29. The Labute approximate surface area is 319 Å². The fourth-order valence-corrected chi connectivity index (χ4v) is 6.55. The second-order valence-electron chi connectivity index (χ2n) is 14.3. The number of rotatable bonds is 10. The Morgan fingerprint density at radius 1 is 0.389 bits per heavy atom. The van der Waals surface area contributed by atoms with Gasteiger partial charge in [-0.3, -0.25) is 0 Å². The normalized spacial score (nSPS) is 19.3. The van der Waals surface area contributed by atoms with Gasteiger partial charge in [-0.15, -0.1) is 0 Å². The van der Waals surface area contributed by atoms with E-state index in [4.69, 9.17) is 18.9 Å². The summed E-state index contributed by atoms with van der Waals surface area (Å²) in [6, 6.07) is 29.8. The van der Waals surface area contributed by atoms with E-state index in [9.17, 15) is 19.2 Å². The van der Waals surface area contributed by atoms with Gasteiger partial charge in [0.25, 0.3) is 0 Å². The molecule has 0 atom stereocenters. The number of carbonyl (C=O) groups is 4. The van der Waals surface area contributed by atoms with Crippen LogP contribution in [0.25, 0.3) is 0 Å². The van der Waals surface area contributed by atoms with E-state index in [2.05, 4.69) is 13.8 Å². The van der Waals surface area contributed by atoms with Gasteiger partial charge in [-0.1, -0.05) is 73.5 Å². The lowest BCUT2D eigenvalue weighted by Gasteiger charge is -2.28. The van der Waals surface area contributed by atoms with E-state index >= 15 is 0 Å². The standard InChI is InChI=1S/C24H28O4.C22H24O4/c1-3-17-5-9-19(10-6-17)23(25)27-21-13-15-22(16-14-21)28-24(26)20-11-7-18(4-2)8-12-20;1-15-3-7-17(8-4-15)21(23)25-19-11-13-20(14-12-19)26-22(24)18-9-5-16(2)6-10-18/h5-12,21-22H,3-4,13-16H2,1-2H3;3-10,19-20H,11-14H2,1-2H3. The van der Waals surface area contributed by atoms with Gasteiger partial charge in [0.1, 0.15) is 24.4 Å². The number of hydrogen-bond donors (Lipinski definition) is 0. The first kappa shape index (κ1) is 40.0.